The number of nitrogens with zero attached hydrogens (tertiary/aromatic N) is 2. The van der Waals surface area contributed by atoms with Gasteiger partial charge in [-0.25, -0.2) is 8.78 Å². The summed E-state index contributed by atoms with van der Waals surface area (Å²) in [7, 11) is 0. The monoisotopic (exact) mass is 318 g/mol. The van der Waals surface area contributed by atoms with E-state index in [1.807, 2.05) is 31.2 Å². The van der Waals surface area contributed by atoms with Gasteiger partial charge in [0.1, 0.15) is 11.6 Å². The van der Waals surface area contributed by atoms with Gasteiger partial charge in [0.2, 0.25) is 11.7 Å². The van der Waals surface area contributed by atoms with Gasteiger partial charge in [-0.3, -0.25) is 0 Å². The molecule has 1 aromatic heterocycles. The highest BCUT2D eigenvalue weighted by molar-refractivity contribution is 7.98. The minimum Gasteiger partial charge on any atom is -0.338 e. The standard InChI is InChI=1S/C16H12F2N2OS/c1-10-4-2-3-5-12(10)16-19-15(21-20-16)9-22-14-7-6-11(17)8-13(14)18/h2-8H,9H2,1H3. The van der Waals surface area contributed by atoms with Gasteiger partial charge in [-0.15, -0.1) is 11.8 Å². The molecule has 0 atom stereocenters. The molecule has 0 aliphatic carbocycles. The Hall–Kier alpha value is -2.21. The van der Waals surface area contributed by atoms with E-state index >= 15 is 0 Å². The van der Waals surface area contributed by atoms with Crippen LogP contribution in [0.15, 0.2) is 51.9 Å². The van der Waals surface area contributed by atoms with Gasteiger partial charge in [0, 0.05) is 16.5 Å². The van der Waals surface area contributed by atoms with E-state index in [2.05, 4.69) is 10.1 Å². The van der Waals surface area contributed by atoms with Crippen molar-refractivity contribution in [2.45, 2.75) is 17.6 Å². The largest absolute Gasteiger partial charge is 0.338 e. The SMILES string of the molecule is Cc1ccccc1-c1noc(CSc2ccc(F)cc2F)n1. The molecule has 0 aliphatic rings. The lowest BCUT2D eigenvalue weighted by molar-refractivity contribution is 0.391. The molecule has 0 radical (unpaired) electrons. The highest BCUT2D eigenvalue weighted by atomic mass is 32.2. The second-order valence-corrected chi connectivity index (χ2v) is 5.71. The molecule has 0 aliphatic heterocycles. The van der Waals surface area contributed by atoms with E-state index in [0.717, 1.165) is 17.2 Å². The summed E-state index contributed by atoms with van der Waals surface area (Å²) in [5, 5.41) is 3.94. The second kappa shape index (κ2) is 6.27. The van der Waals surface area contributed by atoms with Crippen LogP contribution in [0.3, 0.4) is 0 Å². The number of thioether (sulfide) groups is 1. The Labute approximate surface area is 130 Å². The summed E-state index contributed by atoms with van der Waals surface area (Å²) >= 11 is 1.18. The zero-order valence-electron chi connectivity index (χ0n) is 11.7. The zero-order valence-corrected chi connectivity index (χ0v) is 12.5. The lowest BCUT2D eigenvalue weighted by Crippen LogP contribution is -1.87. The third-order valence-corrected chi connectivity index (χ3v) is 4.13. The summed E-state index contributed by atoms with van der Waals surface area (Å²) < 4.78 is 31.6. The van der Waals surface area contributed by atoms with Crippen molar-refractivity contribution in [3.63, 3.8) is 0 Å². The molecule has 112 valence electrons. The fourth-order valence-corrected chi connectivity index (χ4v) is 2.74. The molecule has 2 aromatic carbocycles. The van der Waals surface area contributed by atoms with Crippen LogP contribution in [-0.2, 0) is 5.75 Å². The van der Waals surface area contributed by atoms with Gasteiger partial charge < -0.3 is 4.52 Å². The normalized spacial score (nSPS) is 10.9. The topological polar surface area (TPSA) is 38.9 Å². The minimum atomic E-state index is -0.596. The van der Waals surface area contributed by atoms with Gasteiger partial charge in [-0.2, -0.15) is 4.98 Å². The minimum absolute atomic E-state index is 0.321. The predicted molar refractivity (Wildman–Crippen MR) is 80.4 cm³/mol. The molecule has 0 spiro atoms. The Morgan fingerprint density at radius 3 is 2.73 bits per heavy atom. The summed E-state index contributed by atoms with van der Waals surface area (Å²) in [6.45, 7) is 1.97. The third-order valence-electron chi connectivity index (χ3n) is 3.10. The van der Waals surface area contributed by atoms with Crippen molar-refractivity contribution in [2.75, 3.05) is 0 Å². The van der Waals surface area contributed by atoms with Crippen LogP contribution in [0.25, 0.3) is 11.4 Å². The number of aryl methyl sites for hydroxylation is 1. The Balaban J connectivity index is 1.74. The first-order chi connectivity index (χ1) is 10.6. The number of benzene rings is 2. The molecular weight excluding hydrogens is 306 g/mol. The summed E-state index contributed by atoms with van der Waals surface area (Å²) in [5.41, 5.74) is 1.95. The van der Waals surface area contributed by atoms with Crippen molar-refractivity contribution >= 4 is 11.8 Å². The van der Waals surface area contributed by atoms with Crippen molar-refractivity contribution in [2.24, 2.45) is 0 Å². The molecule has 3 aromatic rings. The maximum Gasteiger partial charge on any atom is 0.237 e. The van der Waals surface area contributed by atoms with Crippen molar-refractivity contribution in [1.29, 1.82) is 0 Å². The van der Waals surface area contributed by atoms with Gasteiger partial charge in [0.05, 0.1) is 5.75 Å². The van der Waals surface area contributed by atoms with Crippen molar-refractivity contribution in [3.05, 3.63) is 65.6 Å². The quantitative estimate of drug-likeness (QED) is 0.658. The molecule has 6 heteroatoms. The van der Waals surface area contributed by atoms with Crippen LogP contribution in [0.5, 0.6) is 0 Å². The molecule has 3 nitrogen and oxygen atoms in total. The number of hydrogen-bond acceptors (Lipinski definition) is 4. The average Bonchev–Trinajstić information content (AvgIpc) is 2.95. The number of rotatable bonds is 4. The molecule has 0 bridgehead atoms. The van der Waals surface area contributed by atoms with Gasteiger partial charge in [0.15, 0.2) is 0 Å². The molecule has 0 amide bonds. The van der Waals surface area contributed by atoms with Crippen molar-refractivity contribution in [1.82, 2.24) is 10.1 Å². The van der Waals surface area contributed by atoms with E-state index in [0.29, 0.717) is 22.4 Å². The lowest BCUT2D eigenvalue weighted by atomic mass is 10.1. The average molecular weight is 318 g/mol. The van der Waals surface area contributed by atoms with Crippen LogP contribution in [0.4, 0.5) is 8.78 Å². The molecule has 3 rings (SSSR count). The Kier molecular flexibility index (Phi) is 4.20. The first kappa shape index (κ1) is 14.7. The van der Waals surface area contributed by atoms with E-state index in [4.69, 9.17) is 4.52 Å². The lowest BCUT2D eigenvalue weighted by Gasteiger charge is -2.00. The van der Waals surface area contributed by atoms with E-state index in [9.17, 15) is 8.78 Å². The molecular formula is C16H12F2N2OS. The first-order valence-corrected chi connectivity index (χ1v) is 7.58. The Morgan fingerprint density at radius 1 is 1.14 bits per heavy atom. The smallest absolute Gasteiger partial charge is 0.237 e. The molecule has 22 heavy (non-hydrogen) atoms. The van der Waals surface area contributed by atoms with Gasteiger partial charge in [-0.05, 0) is 24.6 Å². The molecule has 0 saturated heterocycles. The summed E-state index contributed by atoms with van der Waals surface area (Å²) in [6, 6.07) is 11.2. The summed E-state index contributed by atoms with van der Waals surface area (Å²) in [5.74, 6) is 0.0342. The van der Waals surface area contributed by atoms with Gasteiger partial charge in [0.25, 0.3) is 0 Å². The van der Waals surface area contributed by atoms with Gasteiger partial charge >= 0.3 is 0 Å². The Morgan fingerprint density at radius 2 is 1.95 bits per heavy atom. The number of halogens is 2. The zero-order chi connectivity index (χ0) is 15.5. The van der Waals surface area contributed by atoms with Crippen LogP contribution >= 0.6 is 11.8 Å². The predicted octanol–water partition coefficient (Wildman–Crippen LogP) is 4.62. The summed E-state index contributed by atoms with van der Waals surface area (Å²) in [6.07, 6.45) is 0. The molecule has 0 N–H and O–H groups in total. The second-order valence-electron chi connectivity index (χ2n) is 4.69. The molecule has 1 heterocycles. The molecule has 0 saturated carbocycles. The van der Waals surface area contributed by atoms with Crippen LogP contribution in [-0.4, -0.2) is 10.1 Å². The summed E-state index contributed by atoms with van der Waals surface area (Å²) in [4.78, 5) is 4.65. The number of hydrogen-bond donors (Lipinski definition) is 0. The Bertz CT molecular complexity index is 804. The van der Waals surface area contributed by atoms with E-state index in [1.165, 1.54) is 23.9 Å². The van der Waals surface area contributed by atoms with E-state index in [-0.39, 0.29) is 0 Å². The fraction of sp³-hybridized carbons (Fsp3) is 0.125. The maximum atomic E-state index is 13.5. The molecule has 0 fully saturated rings. The molecule has 0 unspecified atom stereocenters. The van der Waals surface area contributed by atoms with E-state index < -0.39 is 11.6 Å². The van der Waals surface area contributed by atoms with Crippen molar-refractivity contribution < 1.29 is 13.3 Å². The van der Waals surface area contributed by atoms with Crippen molar-refractivity contribution in [3.8, 4) is 11.4 Å². The fourth-order valence-electron chi connectivity index (χ4n) is 1.98. The maximum absolute atomic E-state index is 13.5. The van der Waals surface area contributed by atoms with Crippen LogP contribution in [0.2, 0.25) is 0 Å². The highest BCUT2D eigenvalue weighted by Crippen LogP contribution is 2.27. The first-order valence-electron chi connectivity index (χ1n) is 6.60. The van der Waals surface area contributed by atoms with Crippen LogP contribution in [0.1, 0.15) is 11.5 Å². The van der Waals surface area contributed by atoms with E-state index in [1.54, 1.807) is 0 Å². The van der Waals surface area contributed by atoms with Crippen LogP contribution in [0, 0.1) is 18.6 Å². The van der Waals surface area contributed by atoms with Crippen LogP contribution < -0.4 is 0 Å². The third kappa shape index (κ3) is 3.17. The van der Waals surface area contributed by atoms with Gasteiger partial charge in [-0.1, -0.05) is 29.4 Å². The number of aromatic nitrogens is 2. The highest BCUT2D eigenvalue weighted by Gasteiger charge is 2.12.